The van der Waals surface area contributed by atoms with E-state index >= 15 is 0 Å². The van der Waals surface area contributed by atoms with Crippen LogP contribution in [0.5, 0.6) is 0 Å². The lowest BCUT2D eigenvalue weighted by molar-refractivity contribution is -0.133. The van der Waals surface area contributed by atoms with Gasteiger partial charge in [0.05, 0.1) is 12.7 Å². The van der Waals surface area contributed by atoms with E-state index in [0.717, 1.165) is 38.8 Å². The molecule has 1 amide bonds. The second-order valence-corrected chi connectivity index (χ2v) is 6.18. The van der Waals surface area contributed by atoms with Crippen LogP contribution in [0.15, 0.2) is 0 Å². The third-order valence-electron chi connectivity index (χ3n) is 4.25. The number of nitrogens with zero attached hydrogens (tertiary/aromatic N) is 1. The molecule has 3 N–H and O–H groups in total. The number of nitrogens with one attached hydrogen (secondary N) is 1. The number of piperidine rings is 1. The molecule has 2 aliphatic rings. The van der Waals surface area contributed by atoms with Crippen molar-refractivity contribution in [3.63, 3.8) is 0 Å². The van der Waals surface area contributed by atoms with Crippen LogP contribution in [0, 0.1) is 5.92 Å². The molecule has 0 unspecified atom stereocenters. The molecule has 1 aliphatic heterocycles. The van der Waals surface area contributed by atoms with Gasteiger partial charge < -0.3 is 25.2 Å². The molecule has 0 aromatic rings. The molecular formula is C15H28N2O4. The largest absolute Gasteiger partial charge is 0.389 e. The van der Waals surface area contributed by atoms with Crippen molar-refractivity contribution in [1.29, 1.82) is 0 Å². The van der Waals surface area contributed by atoms with Gasteiger partial charge in [-0.25, -0.2) is 0 Å². The van der Waals surface area contributed by atoms with Crippen LogP contribution in [0.25, 0.3) is 0 Å². The smallest absolute Gasteiger partial charge is 0.249 e. The molecule has 1 heterocycles. The van der Waals surface area contributed by atoms with Gasteiger partial charge in [-0.2, -0.15) is 0 Å². The molecule has 0 bridgehead atoms. The van der Waals surface area contributed by atoms with E-state index in [2.05, 4.69) is 10.2 Å². The zero-order chi connectivity index (χ0) is 15.2. The highest BCUT2D eigenvalue weighted by atomic mass is 16.5. The topological polar surface area (TPSA) is 82.0 Å². The Labute approximate surface area is 126 Å². The first-order valence-corrected chi connectivity index (χ1v) is 8.06. The zero-order valence-electron chi connectivity index (χ0n) is 12.8. The lowest BCUT2D eigenvalue weighted by Gasteiger charge is -2.34. The summed E-state index contributed by atoms with van der Waals surface area (Å²) in [5, 5.41) is 22.8. The number of likely N-dealkylation sites (tertiary alicyclic amines) is 1. The van der Waals surface area contributed by atoms with Crippen LogP contribution in [-0.2, 0) is 9.53 Å². The molecule has 6 heteroatoms. The highest BCUT2D eigenvalue weighted by Gasteiger charge is 2.33. The Bertz CT molecular complexity index is 328. The summed E-state index contributed by atoms with van der Waals surface area (Å²) in [6, 6.07) is 0.293. The van der Waals surface area contributed by atoms with Crippen LogP contribution >= 0.6 is 0 Å². The second-order valence-electron chi connectivity index (χ2n) is 6.18. The SMILES string of the molecule is CCOC[C@@H](O)CN1CCC([C@@H](O)C(=O)NC2CC2)CC1. The molecule has 2 rings (SSSR count). The minimum atomic E-state index is -0.888. The predicted molar refractivity (Wildman–Crippen MR) is 78.8 cm³/mol. The average molecular weight is 300 g/mol. The van der Waals surface area contributed by atoms with Crippen molar-refractivity contribution in [3.8, 4) is 0 Å². The van der Waals surface area contributed by atoms with E-state index in [1.165, 1.54) is 0 Å². The first kappa shape index (κ1) is 16.7. The number of hydrogen-bond acceptors (Lipinski definition) is 5. The first-order chi connectivity index (χ1) is 10.1. The van der Waals surface area contributed by atoms with Crippen molar-refractivity contribution in [2.45, 2.75) is 50.9 Å². The van der Waals surface area contributed by atoms with Gasteiger partial charge in [0.2, 0.25) is 5.91 Å². The van der Waals surface area contributed by atoms with Gasteiger partial charge in [-0.3, -0.25) is 4.79 Å². The standard InChI is InChI=1S/C15H28N2O4/c1-2-21-10-13(18)9-17-7-5-11(6-8-17)14(19)15(20)16-12-3-4-12/h11-14,18-19H,2-10H2,1H3,(H,16,20)/t13-,14+/m0/s1. The maximum atomic E-state index is 11.8. The minimum absolute atomic E-state index is 0.0315. The van der Waals surface area contributed by atoms with E-state index in [1.54, 1.807) is 0 Å². The Morgan fingerprint density at radius 1 is 1.29 bits per heavy atom. The molecule has 1 aliphatic carbocycles. The molecule has 0 radical (unpaired) electrons. The summed E-state index contributed by atoms with van der Waals surface area (Å²) in [5.41, 5.74) is 0. The van der Waals surface area contributed by atoms with Crippen LogP contribution in [-0.4, -0.2) is 72.1 Å². The molecule has 0 aromatic heterocycles. The maximum Gasteiger partial charge on any atom is 0.249 e. The number of β-amino-alcohol motifs (C(OH)–C–C–N with tert-alkyl or cyclic N) is 1. The minimum Gasteiger partial charge on any atom is -0.389 e. The highest BCUT2D eigenvalue weighted by Crippen LogP contribution is 2.23. The van der Waals surface area contributed by atoms with Crippen LogP contribution < -0.4 is 5.32 Å². The fourth-order valence-electron chi connectivity index (χ4n) is 2.78. The Hall–Kier alpha value is -0.690. The van der Waals surface area contributed by atoms with Crippen molar-refractivity contribution in [2.75, 3.05) is 32.8 Å². The first-order valence-electron chi connectivity index (χ1n) is 8.06. The number of hydrogen-bond donors (Lipinski definition) is 3. The van der Waals surface area contributed by atoms with Crippen LogP contribution in [0.4, 0.5) is 0 Å². The summed E-state index contributed by atoms with van der Waals surface area (Å²) in [7, 11) is 0. The number of carbonyl (C=O) groups excluding carboxylic acids is 1. The summed E-state index contributed by atoms with van der Waals surface area (Å²) in [6.45, 7) is 5.09. The summed E-state index contributed by atoms with van der Waals surface area (Å²) < 4.78 is 5.20. The molecule has 2 fully saturated rings. The summed E-state index contributed by atoms with van der Waals surface area (Å²) >= 11 is 0. The molecule has 1 saturated carbocycles. The quantitative estimate of drug-likeness (QED) is 0.575. The van der Waals surface area contributed by atoms with Gasteiger partial charge in [0.1, 0.15) is 6.10 Å². The molecular weight excluding hydrogens is 272 g/mol. The van der Waals surface area contributed by atoms with Gasteiger partial charge >= 0.3 is 0 Å². The van der Waals surface area contributed by atoms with Crippen molar-refractivity contribution in [1.82, 2.24) is 10.2 Å². The molecule has 0 spiro atoms. The van der Waals surface area contributed by atoms with Gasteiger partial charge in [0.15, 0.2) is 0 Å². The third-order valence-corrected chi connectivity index (χ3v) is 4.25. The van der Waals surface area contributed by atoms with Gasteiger partial charge in [-0.05, 0) is 51.6 Å². The zero-order valence-corrected chi connectivity index (χ0v) is 12.8. The third kappa shape index (κ3) is 5.54. The summed E-state index contributed by atoms with van der Waals surface area (Å²) in [6.07, 6.45) is 2.30. The fourth-order valence-corrected chi connectivity index (χ4v) is 2.78. The van der Waals surface area contributed by atoms with E-state index in [0.29, 0.717) is 25.8 Å². The van der Waals surface area contributed by atoms with Gasteiger partial charge in [0.25, 0.3) is 0 Å². The maximum absolute atomic E-state index is 11.8. The number of aliphatic hydroxyl groups excluding tert-OH is 2. The van der Waals surface area contributed by atoms with Crippen molar-refractivity contribution >= 4 is 5.91 Å². The van der Waals surface area contributed by atoms with Crippen LogP contribution in [0.3, 0.4) is 0 Å². The molecule has 0 aromatic carbocycles. The van der Waals surface area contributed by atoms with E-state index in [1.807, 2.05) is 6.92 Å². The van der Waals surface area contributed by atoms with Crippen LogP contribution in [0.1, 0.15) is 32.6 Å². The van der Waals surface area contributed by atoms with E-state index < -0.39 is 12.2 Å². The second kappa shape index (κ2) is 8.08. The summed E-state index contributed by atoms with van der Waals surface area (Å²) in [5.74, 6) is -0.184. The summed E-state index contributed by atoms with van der Waals surface area (Å²) in [4.78, 5) is 14.0. The number of rotatable bonds is 8. The van der Waals surface area contributed by atoms with E-state index in [4.69, 9.17) is 4.74 Å². The lowest BCUT2D eigenvalue weighted by atomic mass is 9.90. The fraction of sp³-hybridized carbons (Fsp3) is 0.933. The number of ether oxygens (including phenoxy) is 1. The number of carbonyl (C=O) groups is 1. The Kier molecular flexibility index (Phi) is 6.41. The molecule has 1 saturated heterocycles. The van der Waals surface area contributed by atoms with Gasteiger partial charge in [-0.15, -0.1) is 0 Å². The molecule has 122 valence electrons. The number of amides is 1. The number of aliphatic hydroxyl groups is 2. The highest BCUT2D eigenvalue weighted by molar-refractivity contribution is 5.81. The van der Waals surface area contributed by atoms with Crippen molar-refractivity contribution in [3.05, 3.63) is 0 Å². The monoisotopic (exact) mass is 300 g/mol. The van der Waals surface area contributed by atoms with Crippen molar-refractivity contribution in [2.24, 2.45) is 5.92 Å². The predicted octanol–water partition coefficient (Wildman–Crippen LogP) is -0.265. The van der Waals surface area contributed by atoms with E-state index in [-0.39, 0.29) is 11.8 Å². The molecule has 6 nitrogen and oxygen atoms in total. The average Bonchev–Trinajstić information content (AvgIpc) is 3.29. The van der Waals surface area contributed by atoms with Gasteiger partial charge in [-0.1, -0.05) is 0 Å². The van der Waals surface area contributed by atoms with Crippen LogP contribution in [0.2, 0.25) is 0 Å². The normalized spacial score (nSPS) is 23.8. The van der Waals surface area contributed by atoms with E-state index in [9.17, 15) is 15.0 Å². The Balaban J connectivity index is 1.65. The Morgan fingerprint density at radius 3 is 2.52 bits per heavy atom. The molecule has 21 heavy (non-hydrogen) atoms. The van der Waals surface area contributed by atoms with Gasteiger partial charge in [0, 0.05) is 19.2 Å². The van der Waals surface area contributed by atoms with Crippen molar-refractivity contribution < 1.29 is 19.7 Å². The molecule has 2 atom stereocenters. The lowest BCUT2D eigenvalue weighted by Crippen LogP contribution is -2.46. The Morgan fingerprint density at radius 2 is 1.95 bits per heavy atom.